The summed E-state index contributed by atoms with van der Waals surface area (Å²) in [7, 11) is 0. The van der Waals surface area contributed by atoms with Gasteiger partial charge in [-0.1, -0.05) is 6.08 Å². The third-order valence-electron chi connectivity index (χ3n) is 3.34. The molecule has 0 amide bonds. The number of hydrogen-bond acceptors (Lipinski definition) is 4. The van der Waals surface area contributed by atoms with Crippen LogP contribution in [-0.4, -0.2) is 20.9 Å². The summed E-state index contributed by atoms with van der Waals surface area (Å²) in [5.74, 6) is 0.0491. The Morgan fingerprint density at radius 2 is 1.90 bits per heavy atom. The Kier molecular flexibility index (Phi) is 3.17. The van der Waals surface area contributed by atoms with E-state index in [9.17, 15) is 14.0 Å². The molecule has 0 fully saturated rings. The summed E-state index contributed by atoms with van der Waals surface area (Å²) in [5.41, 5.74) is -0.551. The summed E-state index contributed by atoms with van der Waals surface area (Å²) in [6, 6.07) is 5.91. The minimum atomic E-state index is -0.667. The van der Waals surface area contributed by atoms with E-state index in [1.165, 1.54) is 22.8 Å². The first-order chi connectivity index (χ1) is 10.1. The molecule has 0 aliphatic carbocycles. The highest BCUT2D eigenvalue weighted by atomic mass is 19.1. The SMILES string of the molecule is C=CCn1nc2n(c(=O)c1=O)CCN2c1ccc(F)cc1. The van der Waals surface area contributed by atoms with Gasteiger partial charge in [-0.25, -0.2) is 9.07 Å². The third-order valence-corrected chi connectivity index (χ3v) is 3.34. The van der Waals surface area contributed by atoms with E-state index in [4.69, 9.17) is 0 Å². The zero-order chi connectivity index (χ0) is 15.0. The first-order valence-electron chi connectivity index (χ1n) is 6.48. The maximum atomic E-state index is 13.0. The summed E-state index contributed by atoms with van der Waals surface area (Å²) in [5, 5.41) is 4.21. The lowest BCUT2D eigenvalue weighted by Crippen LogP contribution is -2.42. The van der Waals surface area contributed by atoms with Crippen molar-refractivity contribution in [2.24, 2.45) is 0 Å². The summed E-state index contributed by atoms with van der Waals surface area (Å²) < 4.78 is 15.4. The minimum Gasteiger partial charge on any atom is -0.309 e. The highest BCUT2D eigenvalue weighted by Gasteiger charge is 2.25. The quantitative estimate of drug-likeness (QED) is 0.621. The molecule has 0 saturated carbocycles. The van der Waals surface area contributed by atoms with E-state index >= 15 is 0 Å². The Bertz CT molecular complexity index is 807. The van der Waals surface area contributed by atoms with Crippen molar-refractivity contribution in [2.75, 3.05) is 11.4 Å². The van der Waals surface area contributed by atoms with Crippen LogP contribution in [-0.2, 0) is 13.1 Å². The molecule has 1 aliphatic heterocycles. The number of halogens is 1. The van der Waals surface area contributed by atoms with Gasteiger partial charge < -0.3 is 4.90 Å². The zero-order valence-electron chi connectivity index (χ0n) is 11.2. The van der Waals surface area contributed by atoms with Crippen molar-refractivity contribution in [1.82, 2.24) is 14.3 Å². The predicted octanol–water partition coefficient (Wildman–Crippen LogP) is 0.882. The number of anilines is 2. The van der Waals surface area contributed by atoms with Gasteiger partial charge in [-0.05, 0) is 24.3 Å². The molecule has 2 aromatic rings. The second-order valence-electron chi connectivity index (χ2n) is 4.66. The molecule has 6 nitrogen and oxygen atoms in total. The first kappa shape index (κ1) is 13.3. The van der Waals surface area contributed by atoms with Gasteiger partial charge in [0.2, 0.25) is 5.95 Å². The fourth-order valence-corrected chi connectivity index (χ4v) is 2.34. The summed E-state index contributed by atoms with van der Waals surface area (Å²) in [4.78, 5) is 25.7. The molecule has 0 radical (unpaired) electrons. The van der Waals surface area contributed by atoms with Crippen LogP contribution in [0.5, 0.6) is 0 Å². The number of rotatable bonds is 3. The van der Waals surface area contributed by atoms with Crippen LogP contribution in [0, 0.1) is 5.82 Å². The molecular weight excluding hydrogens is 275 g/mol. The normalized spacial score (nSPS) is 13.3. The van der Waals surface area contributed by atoms with Gasteiger partial charge >= 0.3 is 11.1 Å². The highest BCUT2D eigenvalue weighted by Crippen LogP contribution is 2.26. The number of hydrogen-bond donors (Lipinski definition) is 0. The Morgan fingerprint density at radius 1 is 1.19 bits per heavy atom. The number of benzene rings is 1. The maximum absolute atomic E-state index is 13.0. The summed E-state index contributed by atoms with van der Waals surface area (Å²) >= 11 is 0. The van der Waals surface area contributed by atoms with Crippen LogP contribution in [0.15, 0.2) is 46.5 Å². The number of fused-ring (bicyclic) bond motifs is 1. The minimum absolute atomic E-state index is 0.166. The zero-order valence-corrected chi connectivity index (χ0v) is 11.2. The van der Waals surface area contributed by atoms with Gasteiger partial charge in [0.25, 0.3) is 0 Å². The van der Waals surface area contributed by atoms with Crippen LogP contribution >= 0.6 is 0 Å². The molecule has 0 atom stereocenters. The molecule has 2 heterocycles. The van der Waals surface area contributed by atoms with Gasteiger partial charge in [-0.15, -0.1) is 11.7 Å². The Balaban J connectivity index is 2.13. The van der Waals surface area contributed by atoms with Gasteiger partial charge in [0, 0.05) is 18.8 Å². The number of nitrogens with zero attached hydrogens (tertiary/aromatic N) is 4. The molecule has 0 saturated heterocycles. The van der Waals surface area contributed by atoms with E-state index in [2.05, 4.69) is 11.7 Å². The molecule has 21 heavy (non-hydrogen) atoms. The van der Waals surface area contributed by atoms with Crippen molar-refractivity contribution >= 4 is 11.6 Å². The van der Waals surface area contributed by atoms with Crippen molar-refractivity contribution in [3.05, 3.63) is 63.4 Å². The first-order valence-corrected chi connectivity index (χ1v) is 6.48. The third kappa shape index (κ3) is 2.16. The average Bonchev–Trinajstić information content (AvgIpc) is 2.89. The van der Waals surface area contributed by atoms with Crippen LogP contribution in [0.2, 0.25) is 0 Å². The number of allylic oxidation sites excluding steroid dienone is 1. The van der Waals surface area contributed by atoms with E-state index < -0.39 is 11.1 Å². The highest BCUT2D eigenvalue weighted by molar-refractivity contribution is 5.58. The van der Waals surface area contributed by atoms with E-state index in [0.717, 1.165) is 10.4 Å². The van der Waals surface area contributed by atoms with Gasteiger partial charge in [0.1, 0.15) is 5.82 Å². The molecule has 0 spiro atoms. The Hall–Kier alpha value is -2.70. The summed E-state index contributed by atoms with van der Waals surface area (Å²) in [6.45, 7) is 4.59. The molecule has 108 valence electrons. The standard InChI is InChI=1S/C14H13FN4O2/c1-2-7-19-13(21)12(20)18-9-8-17(14(18)16-19)11-5-3-10(15)4-6-11/h2-6H,1,7-9H2. The molecule has 0 N–H and O–H groups in total. The molecule has 1 aromatic heterocycles. The van der Waals surface area contributed by atoms with Crippen LogP contribution < -0.4 is 16.0 Å². The monoisotopic (exact) mass is 288 g/mol. The fraction of sp³-hybridized carbons (Fsp3) is 0.214. The van der Waals surface area contributed by atoms with Crippen molar-refractivity contribution < 1.29 is 4.39 Å². The Morgan fingerprint density at radius 3 is 2.57 bits per heavy atom. The van der Waals surface area contributed by atoms with Crippen molar-refractivity contribution in [3.8, 4) is 0 Å². The molecule has 7 heteroatoms. The topological polar surface area (TPSA) is 60.1 Å². The average molecular weight is 288 g/mol. The largest absolute Gasteiger partial charge is 0.333 e. The lowest BCUT2D eigenvalue weighted by molar-refractivity contribution is 0.600. The number of aromatic nitrogens is 3. The van der Waals surface area contributed by atoms with Crippen LogP contribution in [0.4, 0.5) is 16.0 Å². The molecule has 1 aromatic carbocycles. The maximum Gasteiger partial charge on any atom is 0.333 e. The summed E-state index contributed by atoms with van der Waals surface area (Å²) in [6.07, 6.45) is 1.50. The van der Waals surface area contributed by atoms with Gasteiger partial charge in [-0.2, -0.15) is 0 Å². The van der Waals surface area contributed by atoms with Gasteiger partial charge in [0.15, 0.2) is 0 Å². The molecule has 1 aliphatic rings. The van der Waals surface area contributed by atoms with E-state index in [-0.39, 0.29) is 12.4 Å². The van der Waals surface area contributed by atoms with Crippen molar-refractivity contribution in [1.29, 1.82) is 0 Å². The van der Waals surface area contributed by atoms with Gasteiger partial charge in [0.05, 0.1) is 6.54 Å². The van der Waals surface area contributed by atoms with E-state index in [1.54, 1.807) is 17.0 Å². The Labute approximate surface area is 119 Å². The lowest BCUT2D eigenvalue weighted by atomic mass is 10.3. The second-order valence-corrected chi connectivity index (χ2v) is 4.66. The molecular formula is C14H13FN4O2. The van der Waals surface area contributed by atoms with Crippen molar-refractivity contribution in [2.45, 2.75) is 13.1 Å². The van der Waals surface area contributed by atoms with Crippen LogP contribution in [0.25, 0.3) is 0 Å². The van der Waals surface area contributed by atoms with Gasteiger partial charge in [-0.3, -0.25) is 14.2 Å². The van der Waals surface area contributed by atoms with Crippen molar-refractivity contribution in [3.63, 3.8) is 0 Å². The lowest BCUT2D eigenvalue weighted by Gasteiger charge is -2.17. The van der Waals surface area contributed by atoms with E-state index in [1.807, 2.05) is 0 Å². The van der Waals surface area contributed by atoms with Crippen LogP contribution in [0.3, 0.4) is 0 Å². The second kappa shape index (κ2) is 5.01. The molecule has 0 unspecified atom stereocenters. The smallest absolute Gasteiger partial charge is 0.309 e. The predicted molar refractivity (Wildman–Crippen MR) is 76.4 cm³/mol. The van der Waals surface area contributed by atoms with E-state index in [0.29, 0.717) is 19.0 Å². The molecule has 3 rings (SSSR count). The molecule has 0 bridgehead atoms. The van der Waals surface area contributed by atoms with Crippen LogP contribution in [0.1, 0.15) is 0 Å². The fourth-order valence-electron chi connectivity index (χ4n) is 2.34.